The van der Waals surface area contributed by atoms with Crippen LogP contribution < -0.4 is 21.3 Å². The van der Waals surface area contributed by atoms with Crippen molar-refractivity contribution in [3.05, 3.63) is 53.7 Å². The Labute approximate surface area is 159 Å². The SMILES string of the molecule is Cc1ccc(NC(=O)NCC2CCCN(c3cc(C(N)=O)ccn3)C2)cc1. The summed E-state index contributed by atoms with van der Waals surface area (Å²) in [7, 11) is 0. The molecule has 0 saturated carbocycles. The molecule has 1 fully saturated rings. The Morgan fingerprint density at radius 3 is 2.78 bits per heavy atom. The second-order valence-electron chi connectivity index (χ2n) is 6.92. The fourth-order valence-corrected chi connectivity index (χ4v) is 3.23. The van der Waals surface area contributed by atoms with Crippen molar-refractivity contribution in [2.45, 2.75) is 19.8 Å². The molecule has 1 aliphatic rings. The lowest BCUT2D eigenvalue weighted by molar-refractivity contribution is 0.1000. The number of hydrogen-bond donors (Lipinski definition) is 3. The van der Waals surface area contributed by atoms with E-state index >= 15 is 0 Å². The molecule has 1 saturated heterocycles. The molecule has 1 aliphatic heterocycles. The van der Waals surface area contributed by atoms with Gasteiger partial charge in [0.05, 0.1) is 0 Å². The highest BCUT2D eigenvalue weighted by atomic mass is 16.2. The Morgan fingerprint density at radius 1 is 1.26 bits per heavy atom. The minimum Gasteiger partial charge on any atom is -0.366 e. The van der Waals surface area contributed by atoms with Crippen LogP contribution in [-0.2, 0) is 0 Å². The highest BCUT2D eigenvalue weighted by Gasteiger charge is 2.22. The summed E-state index contributed by atoms with van der Waals surface area (Å²) in [6.07, 6.45) is 3.65. The summed E-state index contributed by atoms with van der Waals surface area (Å²) in [6.45, 7) is 4.25. The molecule has 3 rings (SSSR count). The van der Waals surface area contributed by atoms with Crippen molar-refractivity contribution in [3.63, 3.8) is 0 Å². The number of amides is 3. The van der Waals surface area contributed by atoms with Gasteiger partial charge in [-0.05, 0) is 49.9 Å². The van der Waals surface area contributed by atoms with Gasteiger partial charge in [-0.2, -0.15) is 0 Å². The van der Waals surface area contributed by atoms with Crippen LogP contribution in [0.2, 0.25) is 0 Å². The van der Waals surface area contributed by atoms with Crippen molar-refractivity contribution in [2.24, 2.45) is 11.7 Å². The van der Waals surface area contributed by atoms with E-state index in [-0.39, 0.29) is 6.03 Å². The topological polar surface area (TPSA) is 100 Å². The predicted molar refractivity (Wildman–Crippen MR) is 106 cm³/mol. The first-order valence-electron chi connectivity index (χ1n) is 9.13. The molecule has 142 valence electrons. The number of anilines is 2. The molecule has 3 amide bonds. The lowest BCUT2D eigenvalue weighted by atomic mass is 9.98. The van der Waals surface area contributed by atoms with Crippen LogP contribution in [0.5, 0.6) is 0 Å². The molecule has 2 aromatic rings. The number of rotatable bonds is 5. The van der Waals surface area contributed by atoms with Gasteiger partial charge in [-0.3, -0.25) is 4.79 Å². The first-order valence-corrected chi connectivity index (χ1v) is 9.13. The van der Waals surface area contributed by atoms with Crippen LogP contribution in [0.1, 0.15) is 28.8 Å². The van der Waals surface area contributed by atoms with Gasteiger partial charge in [-0.15, -0.1) is 0 Å². The zero-order chi connectivity index (χ0) is 19.2. The van der Waals surface area contributed by atoms with Crippen LogP contribution in [-0.4, -0.2) is 36.6 Å². The number of carbonyl (C=O) groups is 2. The van der Waals surface area contributed by atoms with Crippen molar-refractivity contribution >= 4 is 23.4 Å². The molecule has 4 N–H and O–H groups in total. The van der Waals surface area contributed by atoms with E-state index in [0.29, 0.717) is 18.0 Å². The zero-order valence-corrected chi connectivity index (χ0v) is 15.4. The molecule has 7 heteroatoms. The van der Waals surface area contributed by atoms with Gasteiger partial charge in [-0.1, -0.05) is 17.7 Å². The molecular weight excluding hydrogens is 342 g/mol. The number of urea groups is 1. The van der Waals surface area contributed by atoms with Crippen molar-refractivity contribution < 1.29 is 9.59 Å². The van der Waals surface area contributed by atoms with Crippen molar-refractivity contribution in [3.8, 4) is 0 Å². The predicted octanol–water partition coefficient (Wildman–Crippen LogP) is 2.53. The van der Waals surface area contributed by atoms with Gasteiger partial charge in [-0.25, -0.2) is 9.78 Å². The van der Waals surface area contributed by atoms with Gasteiger partial charge >= 0.3 is 6.03 Å². The Morgan fingerprint density at radius 2 is 2.04 bits per heavy atom. The van der Waals surface area contributed by atoms with Gasteiger partial charge in [0.1, 0.15) is 5.82 Å². The molecule has 0 aliphatic carbocycles. The number of aryl methyl sites for hydroxylation is 1. The van der Waals surface area contributed by atoms with Crippen molar-refractivity contribution in [1.29, 1.82) is 0 Å². The maximum Gasteiger partial charge on any atom is 0.319 e. The third-order valence-corrected chi connectivity index (χ3v) is 4.73. The number of nitrogens with zero attached hydrogens (tertiary/aromatic N) is 2. The highest BCUT2D eigenvalue weighted by Crippen LogP contribution is 2.22. The van der Waals surface area contributed by atoms with E-state index < -0.39 is 5.91 Å². The quantitative estimate of drug-likeness (QED) is 0.756. The van der Waals surface area contributed by atoms with E-state index in [1.807, 2.05) is 31.2 Å². The van der Waals surface area contributed by atoms with Crippen LogP contribution in [0.15, 0.2) is 42.6 Å². The lowest BCUT2D eigenvalue weighted by Crippen LogP contribution is -2.42. The van der Waals surface area contributed by atoms with Gasteiger partial charge in [0.2, 0.25) is 5.91 Å². The summed E-state index contributed by atoms with van der Waals surface area (Å²) in [5.74, 6) is 0.614. The summed E-state index contributed by atoms with van der Waals surface area (Å²) >= 11 is 0. The first kappa shape index (κ1) is 18.7. The third kappa shape index (κ3) is 5.20. The van der Waals surface area contributed by atoms with Gasteiger partial charge in [0.25, 0.3) is 0 Å². The molecule has 1 unspecified atom stereocenters. The van der Waals surface area contributed by atoms with Crippen molar-refractivity contribution in [1.82, 2.24) is 10.3 Å². The molecule has 1 aromatic carbocycles. The first-order chi connectivity index (χ1) is 13.0. The van der Waals surface area contributed by atoms with Gasteiger partial charge in [0, 0.05) is 37.1 Å². The van der Waals surface area contributed by atoms with E-state index in [1.54, 1.807) is 18.3 Å². The largest absolute Gasteiger partial charge is 0.366 e. The third-order valence-electron chi connectivity index (χ3n) is 4.73. The van der Waals surface area contributed by atoms with E-state index in [0.717, 1.165) is 43.0 Å². The number of nitrogens with one attached hydrogen (secondary N) is 2. The summed E-state index contributed by atoms with van der Waals surface area (Å²) < 4.78 is 0. The van der Waals surface area contributed by atoms with Gasteiger partial charge < -0.3 is 21.3 Å². The number of hydrogen-bond acceptors (Lipinski definition) is 4. The molecule has 1 aromatic heterocycles. The maximum atomic E-state index is 12.1. The normalized spacial score (nSPS) is 16.6. The van der Waals surface area contributed by atoms with E-state index in [1.165, 1.54) is 0 Å². The Kier molecular flexibility index (Phi) is 5.90. The summed E-state index contributed by atoms with van der Waals surface area (Å²) in [5, 5.41) is 5.79. The maximum absolute atomic E-state index is 12.1. The molecular formula is C20H25N5O2. The number of pyridine rings is 1. The smallest absolute Gasteiger partial charge is 0.319 e. The molecule has 0 spiro atoms. The highest BCUT2D eigenvalue weighted by molar-refractivity contribution is 5.93. The summed E-state index contributed by atoms with van der Waals surface area (Å²) in [4.78, 5) is 30.0. The fourth-order valence-electron chi connectivity index (χ4n) is 3.23. The summed E-state index contributed by atoms with van der Waals surface area (Å²) in [5.41, 5.74) is 7.73. The van der Waals surface area contributed by atoms with E-state index in [9.17, 15) is 9.59 Å². The zero-order valence-electron chi connectivity index (χ0n) is 15.4. The van der Waals surface area contributed by atoms with E-state index in [2.05, 4.69) is 20.5 Å². The minimum atomic E-state index is -0.457. The standard InChI is InChI=1S/C20H25N5O2/c1-14-4-6-17(7-5-14)24-20(27)23-12-15-3-2-10-25(13-15)18-11-16(19(21)26)8-9-22-18/h4-9,11,15H,2-3,10,12-13H2,1H3,(H2,21,26)(H2,23,24,27). The van der Waals surface area contributed by atoms with Crippen LogP contribution in [0, 0.1) is 12.8 Å². The second kappa shape index (κ2) is 8.53. The average molecular weight is 367 g/mol. The van der Waals surface area contributed by atoms with E-state index in [4.69, 9.17) is 5.73 Å². The molecule has 0 radical (unpaired) electrons. The Hall–Kier alpha value is -3.09. The van der Waals surface area contributed by atoms with Crippen LogP contribution in [0.4, 0.5) is 16.3 Å². The fraction of sp³-hybridized carbons (Fsp3) is 0.350. The lowest BCUT2D eigenvalue weighted by Gasteiger charge is -2.33. The number of nitrogens with two attached hydrogens (primary N) is 1. The molecule has 0 bridgehead atoms. The van der Waals surface area contributed by atoms with Crippen LogP contribution in [0.25, 0.3) is 0 Å². The van der Waals surface area contributed by atoms with Crippen LogP contribution >= 0.6 is 0 Å². The minimum absolute atomic E-state index is 0.204. The number of carbonyl (C=O) groups excluding carboxylic acids is 2. The number of piperidine rings is 1. The van der Waals surface area contributed by atoms with Crippen molar-refractivity contribution in [2.75, 3.05) is 29.9 Å². The number of benzene rings is 1. The molecule has 27 heavy (non-hydrogen) atoms. The summed E-state index contributed by atoms with van der Waals surface area (Å²) in [6, 6.07) is 10.8. The molecule has 2 heterocycles. The Bertz CT molecular complexity index is 806. The Balaban J connectivity index is 1.52. The average Bonchev–Trinajstić information content (AvgIpc) is 2.68. The molecule has 7 nitrogen and oxygen atoms in total. The van der Waals surface area contributed by atoms with Gasteiger partial charge in [0.15, 0.2) is 0 Å². The second-order valence-corrected chi connectivity index (χ2v) is 6.92. The molecule has 1 atom stereocenters. The van der Waals surface area contributed by atoms with Crippen LogP contribution in [0.3, 0.4) is 0 Å². The number of aromatic nitrogens is 1. The monoisotopic (exact) mass is 367 g/mol. The number of primary amides is 1.